The first-order valence-corrected chi connectivity index (χ1v) is 14.6. The Balaban J connectivity index is 1.39. The van der Waals surface area contributed by atoms with E-state index in [2.05, 4.69) is 54.5 Å². The Morgan fingerprint density at radius 2 is 1.56 bits per heavy atom. The van der Waals surface area contributed by atoms with Crippen molar-refractivity contribution in [3.05, 3.63) is 11.6 Å². The van der Waals surface area contributed by atoms with Crippen molar-refractivity contribution in [1.29, 1.82) is 0 Å². The van der Waals surface area contributed by atoms with Crippen molar-refractivity contribution >= 4 is 5.97 Å². The highest BCUT2D eigenvalue weighted by atomic mass is 16.5. The molecule has 0 aromatic heterocycles. The number of fused-ring (bicyclic) bond motifs is 2. The smallest absolute Gasteiger partial charge is 0.302 e. The molecule has 0 N–H and O–H groups in total. The van der Waals surface area contributed by atoms with Crippen LogP contribution in [0, 0.1) is 50.7 Å². The molecule has 9 atom stereocenters. The predicted octanol–water partition coefficient (Wildman–Crippen LogP) is 8.74. The van der Waals surface area contributed by atoms with Crippen LogP contribution in [0.2, 0.25) is 0 Å². The lowest BCUT2D eigenvalue weighted by Gasteiger charge is -2.63. The van der Waals surface area contributed by atoms with Gasteiger partial charge in [-0.3, -0.25) is 4.79 Å². The first-order chi connectivity index (χ1) is 15.8. The maximum absolute atomic E-state index is 11.8. The molecule has 0 heterocycles. The number of carbonyl (C=O) groups excluding carboxylic acids is 1. The van der Waals surface area contributed by atoms with Crippen LogP contribution in [0.3, 0.4) is 0 Å². The van der Waals surface area contributed by atoms with E-state index in [0.717, 1.165) is 30.1 Å². The zero-order valence-electron chi connectivity index (χ0n) is 23.6. The molecule has 0 amide bonds. The van der Waals surface area contributed by atoms with Crippen LogP contribution in [0.5, 0.6) is 0 Å². The lowest BCUT2D eigenvalue weighted by molar-refractivity contribution is -0.181. The van der Waals surface area contributed by atoms with E-state index in [1.807, 2.05) is 0 Å². The van der Waals surface area contributed by atoms with Crippen molar-refractivity contribution < 1.29 is 9.53 Å². The summed E-state index contributed by atoms with van der Waals surface area (Å²) in [7, 11) is 0. The summed E-state index contributed by atoms with van der Waals surface area (Å²) < 4.78 is 5.90. The highest BCUT2D eigenvalue weighted by molar-refractivity contribution is 5.66. The number of allylic oxidation sites excluding steroid dienone is 2. The van der Waals surface area contributed by atoms with Crippen molar-refractivity contribution in [2.75, 3.05) is 0 Å². The second kappa shape index (κ2) is 7.85. The highest BCUT2D eigenvalue weighted by Gasteiger charge is 2.82. The summed E-state index contributed by atoms with van der Waals surface area (Å²) in [5, 5.41) is 0. The minimum absolute atomic E-state index is 0.0927. The molecule has 5 aliphatic rings. The third kappa shape index (κ3) is 3.14. The normalized spacial score (nSPS) is 49.1. The first-order valence-electron chi connectivity index (χ1n) is 14.6. The molecule has 0 unspecified atom stereocenters. The van der Waals surface area contributed by atoms with Crippen molar-refractivity contribution in [3.8, 4) is 0 Å². The van der Waals surface area contributed by atoms with Gasteiger partial charge in [0.1, 0.15) is 6.10 Å². The molecule has 192 valence electrons. The summed E-state index contributed by atoms with van der Waals surface area (Å²) >= 11 is 0. The predicted molar refractivity (Wildman–Crippen MR) is 140 cm³/mol. The molecule has 2 spiro atoms. The zero-order chi connectivity index (χ0) is 24.7. The number of ether oxygens (including phenoxy) is 1. The molecule has 5 aliphatic carbocycles. The van der Waals surface area contributed by atoms with E-state index in [1.54, 1.807) is 6.92 Å². The number of rotatable bonds is 5. The minimum Gasteiger partial charge on any atom is -0.462 e. The second-order valence-corrected chi connectivity index (χ2v) is 14.9. The lowest BCUT2D eigenvalue weighted by Crippen LogP contribution is -2.58. The quantitative estimate of drug-likeness (QED) is 0.298. The third-order valence-electron chi connectivity index (χ3n) is 13.3. The molecule has 34 heavy (non-hydrogen) atoms. The molecule has 0 aromatic rings. The van der Waals surface area contributed by atoms with Crippen LogP contribution < -0.4 is 0 Å². The molecule has 5 saturated carbocycles. The minimum atomic E-state index is -0.0927. The van der Waals surface area contributed by atoms with E-state index in [-0.39, 0.29) is 17.5 Å². The van der Waals surface area contributed by atoms with Crippen LogP contribution in [0.1, 0.15) is 126 Å². The standard InChI is InChI=1S/C32H52O2/c1-21(2)10-9-11-22(3)24-14-16-30(8)26-13-12-25-28(5,6)27(34-23(4)33)15-17-31(25)20-32(26,31)19-18-29(24,30)7/h10,22,24-27H,9,11-20H2,1-8H3/t22-,24+,25+,26-,27-,29+,30+,31+,32-/m0/s1. The van der Waals surface area contributed by atoms with Gasteiger partial charge in [-0.25, -0.2) is 0 Å². The van der Waals surface area contributed by atoms with Crippen LogP contribution in [0.15, 0.2) is 11.6 Å². The molecule has 0 radical (unpaired) electrons. The van der Waals surface area contributed by atoms with E-state index < -0.39 is 0 Å². The van der Waals surface area contributed by atoms with Crippen molar-refractivity contribution in [1.82, 2.24) is 0 Å². The molecule has 0 saturated heterocycles. The van der Waals surface area contributed by atoms with Crippen LogP contribution in [0.4, 0.5) is 0 Å². The van der Waals surface area contributed by atoms with E-state index in [4.69, 9.17) is 4.74 Å². The summed E-state index contributed by atoms with van der Waals surface area (Å²) in [6.07, 6.45) is 17.6. The molecule has 0 bridgehead atoms. The second-order valence-electron chi connectivity index (χ2n) is 14.9. The molecular formula is C32H52O2. The van der Waals surface area contributed by atoms with Crippen molar-refractivity contribution in [2.45, 2.75) is 132 Å². The van der Waals surface area contributed by atoms with Gasteiger partial charge >= 0.3 is 5.97 Å². The Morgan fingerprint density at radius 3 is 2.24 bits per heavy atom. The molecule has 2 nitrogen and oxygen atoms in total. The SMILES string of the molecule is CC(=O)O[C@H]1CC[C@]23C[C@]24CC[C@]2(C)[C@@H]([C@@H](C)CCC=C(C)C)CC[C@]2(C)[C@@H]4CC[C@@H]3C1(C)C. The summed E-state index contributed by atoms with van der Waals surface area (Å²) in [5.74, 6) is 3.27. The molecule has 0 aromatic carbocycles. The van der Waals surface area contributed by atoms with Gasteiger partial charge in [0.15, 0.2) is 0 Å². The Labute approximate surface area is 210 Å². The van der Waals surface area contributed by atoms with Gasteiger partial charge in [-0.05, 0) is 130 Å². The summed E-state index contributed by atoms with van der Waals surface area (Å²) in [6.45, 7) is 18.9. The zero-order valence-corrected chi connectivity index (χ0v) is 23.6. The van der Waals surface area contributed by atoms with Gasteiger partial charge in [0.25, 0.3) is 0 Å². The van der Waals surface area contributed by atoms with E-state index in [0.29, 0.717) is 21.7 Å². The summed E-state index contributed by atoms with van der Waals surface area (Å²) in [4.78, 5) is 11.8. The van der Waals surface area contributed by atoms with Gasteiger partial charge in [0, 0.05) is 12.3 Å². The Morgan fingerprint density at radius 1 is 0.882 bits per heavy atom. The Hall–Kier alpha value is -0.790. The van der Waals surface area contributed by atoms with Gasteiger partial charge < -0.3 is 4.74 Å². The van der Waals surface area contributed by atoms with Crippen LogP contribution in [0.25, 0.3) is 0 Å². The van der Waals surface area contributed by atoms with Gasteiger partial charge in [-0.1, -0.05) is 46.3 Å². The fourth-order valence-corrected chi connectivity index (χ4v) is 11.5. The average Bonchev–Trinajstić information content (AvgIpc) is 3.32. The van der Waals surface area contributed by atoms with E-state index in [9.17, 15) is 4.79 Å². The van der Waals surface area contributed by atoms with E-state index >= 15 is 0 Å². The Kier molecular flexibility index (Phi) is 5.75. The fraction of sp³-hybridized carbons (Fsp3) is 0.906. The molecule has 2 heteroatoms. The number of hydrogen-bond donors (Lipinski definition) is 0. The number of esters is 1. The van der Waals surface area contributed by atoms with Gasteiger partial charge in [0.2, 0.25) is 0 Å². The Bertz CT molecular complexity index is 866. The van der Waals surface area contributed by atoms with Crippen LogP contribution in [-0.2, 0) is 9.53 Å². The topological polar surface area (TPSA) is 26.3 Å². The van der Waals surface area contributed by atoms with Gasteiger partial charge in [-0.2, -0.15) is 0 Å². The monoisotopic (exact) mass is 468 g/mol. The maximum atomic E-state index is 11.8. The largest absolute Gasteiger partial charge is 0.462 e. The van der Waals surface area contributed by atoms with Crippen LogP contribution >= 0.6 is 0 Å². The van der Waals surface area contributed by atoms with Crippen molar-refractivity contribution in [2.24, 2.45) is 50.7 Å². The van der Waals surface area contributed by atoms with Gasteiger partial charge in [-0.15, -0.1) is 0 Å². The summed E-state index contributed by atoms with van der Waals surface area (Å²) in [5.41, 5.74) is 3.71. The van der Waals surface area contributed by atoms with Crippen LogP contribution in [-0.4, -0.2) is 12.1 Å². The third-order valence-corrected chi connectivity index (χ3v) is 13.3. The molecule has 5 rings (SSSR count). The number of carbonyl (C=O) groups is 1. The molecular weight excluding hydrogens is 416 g/mol. The summed E-state index contributed by atoms with van der Waals surface area (Å²) in [6, 6.07) is 0. The number of hydrogen-bond acceptors (Lipinski definition) is 2. The van der Waals surface area contributed by atoms with Gasteiger partial charge in [0.05, 0.1) is 0 Å². The highest BCUT2D eigenvalue weighted by Crippen LogP contribution is 2.89. The fourth-order valence-electron chi connectivity index (χ4n) is 11.5. The molecule has 0 aliphatic heterocycles. The molecule has 5 fully saturated rings. The first kappa shape index (κ1) is 24.9. The van der Waals surface area contributed by atoms with E-state index in [1.165, 1.54) is 69.8 Å². The lowest BCUT2D eigenvalue weighted by atomic mass is 9.41. The average molecular weight is 469 g/mol. The maximum Gasteiger partial charge on any atom is 0.302 e. The van der Waals surface area contributed by atoms with Crippen molar-refractivity contribution in [3.63, 3.8) is 0 Å².